The van der Waals surface area contributed by atoms with E-state index in [1.807, 2.05) is 36.4 Å². The van der Waals surface area contributed by atoms with Crippen LogP contribution in [0.3, 0.4) is 0 Å². The second kappa shape index (κ2) is 7.72. The van der Waals surface area contributed by atoms with E-state index in [0.717, 1.165) is 11.3 Å². The summed E-state index contributed by atoms with van der Waals surface area (Å²) in [6, 6.07) is 18.2. The number of rotatable bonds is 4. The van der Waals surface area contributed by atoms with Gasteiger partial charge in [-0.2, -0.15) is 0 Å². The van der Waals surface area contributed by atoms with E-state index in [4.69, 9.17) is 28.2 Å². The Labute approximate surface area is 169 Å². The number of thioether (sulfide) groups is 1. The molecule has 4 aromatic rings. The van der Waals surface area contributed by atoms with E-state index in [9.17, 15) is 4.79 Å². The van der Waals surface area contributed by atoms with Crippen LogP contribution in [0.4, 0.5) is 0 Å². The second-order valence-electron chi connectivity index (χ2n) is 5.80. The Morgan fingerprint density at radius 1 is 1.00 bits per heavy atom. The van der Waals surface area contributed by atoms with Gasteiger partial charge >= 0.3 is 0 Å². The first kappa shape index (κ1) is 18.0. The Kier molecular flexibility index (Phi) is 5.16. The zero-order chi connectivity index (χ0) is 18.8. The number of nitrogens with zero attached hydrogens (tertiary/aromatic N) is 3. The highest BCUT2D eigenvalue weighted by atomic mass is 35.5. The predicted molar refractivity (Wildman–Crippen MR) is 111 cm³/mol. The molecule has 27 heavy (non-hydrogen) atoms. The third-order valence-electron chi connectivity index (χ3n) is 3.99. The molecule has 0 fully saturated rings. The van der Waals surface area contributed by atoms with Crippen molar-refractivity contribution < 1.29 is 0 Å². The first-order valence-electron chi connectivity index (χ1n) is 8.13. The summed E-state index contributed by atoms with van der Waals surface area (Å²) in [6.07, 6.45) is 1.67. The minimum Gasteiger partial charge on any atom is -0.268 e. The van der Waals surface area contributed by atoms with Crippen molar-refractivity contribution >= 4 is 45.9 Å². The minimum atomic E-state index is -0.113. The van der Waals surface area contributed by atoms with Crippen molar-refractivity contribution in [3.05, 3.63) is 93.0 Å². The van der Waals surface area contributed by atoms with Gasteiger partial charge in [-0.05, 0) is 54.1 Å². The summed E-state index contributed by atoms with van der Waals surface area (Å²) in [5.74, 6) is 0.612. The van der Waals surface area contributed by atoms with Crippen LogP contribution in [0.1, 0.15) is 5.56 Å². The van der Waals surface area contributed by atoms with Crippen molar-refractivity contribution in [3.63, 3.8) is 0 Å². The maximum absolute atomic E-state index is 13.1. The highest BCUT2D eigenvalue weighted by Gasteiger charge is 2.13. The molecule has 0 aliphatic heterocycles. The van der Waals surface area contributed by atoms with Crippen molar-refractivity contribution in [2.45, 2.75) is 10.9 Å². The van der Waals surface area contributed by atoms with Gasteiger partial charge in [-0.3, -0.25) is 9.36 Å². The molecule has 0 aliphatic carbocycles. The van der Waals surface area contributed by atoms with Gasteiger partial charge in [0.1, 0.15) is 5.15 Å². The number of hydrogen-bond donors (Lipinski definition) is 0. The van der Waals surface area contributed by atoms with E-state index >= 15 is 0 Å². The van der Waals surface area contributed by atoms with Crippen LogP contribution >= 0.6 is 35.0 Å². The lowest BCUT2D eigenvalue weighted by atomic mass is 10.2. The van der Waals surface area contributed by atoms with Gasteiger partial charge < -0.3 is 0 Å². The van der Waals surface area contributed by atoms with E-state index in [2.05, 4.69) is 4.98 Å². The first-order valence-corrected chi connectivity index (χ1v) is 9.87. The fourth-order valence-electron chi connectivity index (χ4n) is 2.71. The summed E-state index contributed by atoms with van der Waals surface area (Å²) in [6.45, 7) is 0. The third-order valence-corrected chi connectivity index (χ3v) is 5.46. The molecule has 7 heteroatoms. The number of hydrogen-bond acceptors (Lipinski definition) is 4. The van der Waals surface area contributed by atoms with Crippen molar-refractivity contribution in [2.24, 2.45) is 0 Å². The van der Waals surface area contributed by atoms with Crippen LogP contribution in [-0.2, 0) is 5.75 Å². The molecule has 0 unspecified atom stereocenters. The average Bonchev–Trinajstić information content (AvgIpc) is 2.68. The molecule has 0 amide bonds. The minimum absolute atomic E-state index is 0.113. The second-order valence-corrected chi connectivity index (χ2v) is 7.57. The van der Waals surface area contributed by atoms with Crippen LogP contribution in [0.5, 0.6) is 0 Å². The van der Waals surface area contributed by atoms with E-state index in [0.29, 0.717) is 32.0 Å². The topological polar surface area (TPSA) is 47.8 Å². The summed E-state index contributed by atoms with van der Waals surface area (Å²) in [4.78, 5) is 21.9. The number of pyridine rings is 1. The molecule has 0 saturated carbocycles. The summed E-state index contributed by atoms with van der Waals surface area (Å²) in [5.41, 5.74) is 2.28. The van der Waals surface area contributed by atoms with Gasteiger partial charge in [0.25, 0.3) is 5.56 Å². The van der Waals surface area contributed by atoms with Crippen molar-refractivity contribution in [1.82, 2.24) is 14.5 Å². The molecule has 4 nitrogen and oxygen atoms in total. The molecule has 2 aromatic heterocycles. The molecule has 0 spiro atoms. The Bertz CT molecular complexity index is 1180. The normalized spacial score (nSPS) is 11.0. The number of fused-ring (bicyclic) bond motifs is 1. The molecule has 2 aromatic carbocycles. The molecule has 4 rings (SSSR count). The lowest BCUT2D eigenvalue weighted by Crippen LogP contribution is -2.21. The van der Waals surface area contributed by atoms with Crippen LogP contribution < -0.4 is 5.56 Å². The fraction of sp³-hybridized carbons (Fsp3) is 0.0500. The summed E-state index contributed by atoms with van der Waals surface area (Å²) in [7, 11) is 0. The zero-order valence-electron chi connectivity index (χ0n) is 14.0. The van der Waals surface area contributed by atoms with E-state index in [1.165, 1.54) is 11.8 Å². The molecular weight excluding hydrogens is 401 g/mol. The lowest BCUT2D eigenvalue weighted by Gasteiger charge is -2.13. The highest BCUT2D eigenvalue weighted by molar-refractivity contribution is 7.98. The Balaban J connectivity index is 1.83. The number of para-hydroxylation sites is 1. The van der Waals surface area contributed by atoms with E-state index in [1.54, 1.807) is 35.0 Å². The number of halogens is 2. The molecule has 0 saturated heterocycles. The highest BCUT2D eigenvalue weighted by Crippen LogP contribution is 2.25. The smallest absolute Gasteiger partial charge is 0.266 e. The first-order chi connectivity index (χ1) is 13.1. The van der Waals surface area contributed by atoms with Crippen LogP contribution in [0.15, 0.2) is 76.8 Å². The SMILES string of the molecule is O=c1c2ccccc2nc(SCc2ccnc(Cl)c2)n1-c1ccc(Cl)cc1. The van der Waals surface area contributed by atoms with Crippen LogP contribution in [0.25, 0.3) is 16.6 Å². The van der Waals surface area contributed by atoms with Gasteiger partial charge in [0.15, 0.2) is 5.16 Å². The predicted octanol–water partition coefficient (Wildman–Crippen LogP) is 5.38. The Morgan fingerprint density at radius 2 is 1.78 bits per heavy atom. The third kappa shape index (κ3) is 3.86. The van der Waals surface area contributed by atoms with Crippen LogP contribution in [0, 0.1) is 0 Å². The number of aromatic nitrogens is 3. The molecule has 134 valence electrons. The molecule has 0 N–H and O–H groups in total. The average molecular weight is 414 g/mol. The van der Waals surface area contributed by atoms with Gasteiger partial charge in [-0.25, -0.2) is 9.97 Å². The number of benzene rings is 2. The molecule has 0 bridgehead atoms. The standard InChI is InChI=1S/C20H13Cl2N3OS/c21-14-5-7-15(8-6-14)25-19(26)16-3-1-2-4-17(16)24-20(25)27-12-13-9-10-23-18(22)11-13/h1-11H,12H2. The summed E-state index contributed by atoms with van der Waals surface area (Å²) in [5, 5.41) is 2.23. The quantitative estimate of drug-likeness (QED) is 0.256. The van der Waals surface area contributed by atoms with Gasteiger partial charge in [0, 0.05) is 17.0 Å². The molecular formula is C20H13Cl2N3OS. The lowest BCUT2D eigenvalue weighted by molar-refractivity contribution is 0.819. The zero-order valence-corrected chi connectivity index (χ0v) is 16.3. The van der Waals surface area contributed by atoms with Crippen molar-refractivity contribution in [3.8, 4) is 5.69 Å². The summed E-state index contributed by atoms with van der Waals surface area (Å²) >= 11 is 13.4. The van der Waals surface area contributed by atoms with Crippen molar-refractivity contribution in [2.75, 3.05) is 0 Å². The van der Waals surface area contributed by atoms with E-state index in [-0.39, 0.29) is 5.56 Å². The van der Waals surface area contributed by atoms with Gasteiger partial charge in [0.05, 0.1) is 16.6 Å². The summed E-state index contributed by atoms with van der Waals surface area (Å²) < 4.78 is 1.62. The Hall–Kier alpha value is -2.34. The maximum atomic E-state index is 13.1. The maximum Gasteiger partial charge on any atom is 0.266 e. The monoisotopic (exact) mass is 413 g/mol. The van der Waals surface area contributed by atoms with Crippen molar-refractivity contribution in [1.29, 1.82) is 0 Å². The van der Waals surface area contributed by atoms with E-state index < -0.39 is 0 Å². The molecule has 0 aliphatic rings. The molecule has 2 heterocycles. The Morgan fingerprint density at radius 3 is 2.56 bits per heavy atom. The van der Waals surface area contributed by atoms with Gasteiger partial charge in [-0.15, -0.1) is 0 Å². The van der Waals surface area contributed by atoms with Gasteiger partial charge in [-0.1, -0.05) is 47.1 Å². The van der Waals surface area contributed by atoms with Crippen LogP contribution in [0.2, 0.25) is 10.2 Å². The fourth-order valence-corrected chi connectivity index (χ4v) is 3.99. The van der Waals surface area contributed by atoms with Crippen LogP contribution in [-0.4, -0.2) is 14.5 Å². The largest absolute Gasteiger partial charge is 0.268 e. The molecule has 0 atom stereocenters. The van der Waals surface area contributed by atoms with Gasteiger partial charge in [0.2, 0.25) is 0 Å². The molecule has 0 radical (unpaired) electrons.